The third kappa shape index (κ3) is 8.79. The number of ketones is 1. The first-order valence-electron chi connectivity index (χ1n) is 5.53. The van der Waals surface area contributed by atoms with E-state index in [1.165, 1.54) is 6.92 Å². The van der Waals surface area contributed by atoms with Gasteiger partial charge in [-0.15, -0.1) is 0 Å². The highest BCUT2D eigenvalue weighted by Gasteiger charge is 2.14. The van der Waals surface area contributed by atoms with Crippen molar-refractivity contribution in [2.75, 3.05) is 40.0 Å². The normalized spacial score (nSPS) is 11.0. The maximum absolute atomic E-state index is 11.2. The van der Waals surface area contributed by atoms with Crippen LogP contribution in [0.3, 0.4) is 0 Å². The van der Waals surface area contributed by atoms with Crippen LogP contribution in [-0.4, -0.2) is 45.8 Å². The fourth-order valence-electron chi connectivity index (χ4n) is 0.948. The minimum atomic E-state index is -0.249. The van der Waals surface area contributed by atoms with Crippen LogP contribution in [-0.2, 0) is 23.7 Å². The van der Waals surface area contributed by atoms with Crippen LogP contribution in [0, 0.1) is 5.92 Å². The number of ether oxygens (including phenoxy) is 4. The zero-order valence-electron chi connectivity index (χ0n) is 10.4. The Hall–Kier alpha value is -0.490. The van der Waals surface area contributed by atoms with Crippen LogP contribution in [0.4, 0.5) is 0 Å². The van der Waals surface area contributed by atoms with Gasteiger partial charge in [0.05, 0.1) is 19.1 Å². The Morgan fingerprint density at radius 1 is 0.938 bits per heavy atom. The zero-order chi connectivity index (χ0) is 12.2. The van der Waals surface area contributed by atoms with Crippen molar-refractivity contribution in [2.24, 2.45) is 5.92 Å². The number of carbonyl (C=O) groups is 1. The smallest absolute Gasteiger partial charge is 0.146 e. The molecule has 0 aliphatic heterocycles. The molecule has 5 heteroatoms. The summed E-state index contributed by atoms with van der Waals surface area (Å²) in [5.74, 6) is -0.200. The molecule has 0 atom stereocenters. The molecule has 0 fully saturated rings. The van der Waals surface area contributed by atoms with Gasteiger partial charge in [0.2, 0.25) is 0 Å². The van der Waals surface area contributed by atoms with Crippen LogP contribution in [0.5, 0.6) is 0 Å². The van der Waals surface area contributed by atoms with E-state index in [1.807, 2.05) is 13.8 Å². The van der Waals surface area contributed by atoms with Crippen molar-refractivity contribution in [1.29, 1.82) is 0 Å². The number of carbonyl (C=O) groups excluding carboxylic acids is 1. The fraction of sp³-hybridized carbons (Fsp3) is 0.909. The molecule has 0 amide bonds. The summed E-state index contributed by atoms with van der Waals surface area (Å²) in [6.45, 7) is 7.57. The van der Waals surface area contributed by atoms with E-state index in [0.717, 1.165) is 0 Å². The second-order valence-corrected chi connectivity index (χ2v) is 3.27. The van der Waals surface area contributed by atoms with Crippen molar-refractivity contribution in [2.45, 2.75) is 20.8 Å². The molecule has 0 aromatic carbocycles. The van der Waals surface area contributed by atoms with E-state index in [1.54, 1.807) is 0 Å². The molecular weight excluding hydrogens is 212 g/mol. The second kappa shape index (κ2) is 11.0. The highest BCUT2D eigenvalue weighted by Crippen LogP contribution is 2.01. The molecular formula is C11H22O5. The number of hydrogen-bond acceptors (Lipinski definition) is 5. The minimum Gasteiger partial charge on any atom is -0.356 e. The zero-order valence-corrected chi connectivity index (χ0v) is 10.4. The number of Topliss-reactive ketones (excluding diaryl/α,β-unsaturated/α-hetero) is 1. The SMILES string of the molecule is CCOCOCC(COCOCC)C(C)=O. The molecule has 0 aliphatic carbocycles. The van der Waals surface area contributed by atoms with Gasteiger partial charge in [-0.1, -0.05) is 0 Å². The van der Waals surface area contributed by atoms with Gasteiger partial charge >= 0.3 is 0 Å². The van der Waals surface area contributed by atoms with E-state index in [2.05, 4.69) is 0 Å². The average Bonchev–Trinajstić information content (AvgIpc) is 2.26. The maximum Gasteiger partial charge on any atom is 0.146 e. The van der Waals surface area contributed by atoms with Crippen molar-refractivity contribution in [1.82, 2.24) is 0 Å². The van der Waals surface area contributed by atoms with Crippen molar-refractivity contribution in [3.8, 4) is 0 Å². The van der Waals surface area contributed by atoms with Gasteiger partial charge in [0.15, 0.2) is 0 Å². The number of rotatable bonds is 11. The Morgan fingerprint density at radius 2 is 1.38 bits per heavy atom. The third-order valence-electron chi connectivity index (χ3n) is 1.95. The van der Waals surface area contributed by atoms with Crippen molar-refractivity contribution in [3.05, 3.63) is 0 Å². The first kappa shape index (κ1) is 15.5. The summed E-state index contributed by atoms with van der Waals surface area (Å²) in [7, 11) is 0. The third-order valence-corrected chi connectivity index (χ3v) is 1.95. The lowest BCUT2D eigenvalue weighted by Crippen LogP contribution is -2.24. The fourth-order valence-corrected chi connectivity index (χ4v) is 0.948. The van der Waals surface area contributed by atoms with Crippen molar-refractivity contribution < 1.29 is 23.7 Å². The van der Waals surface area contributed by atoms with E-state index >= 15 is 0 Å². The molecule has 0 rings (SSSR count). The summed E-state index contributed by atoms with van der Waals surface area (Å²) in [6, 6.07) is 0. The Bertz CT molecular complexity index is 160. The van der Waals surface area contributed by atoms with Crippen LogP contribution in [0.2, 0.25) is 0 Å². The molecule has 0 unspecified atom stereocenters. The van der Waals surface area contributed by atoms with Gasteiger partial charge in [0, 0.05) is 13.2 Å². The first-order chi connectivity index (χ1) is 7.72. The Kier molecular flexibility index (Phi) is 10.7. The summed E-state index contributed by atoms with van der Waals surface area (Å²) in [6.07, 6.45) is 0. The van der Waals surface area contributed by atoms with E-state index in [-0.39, 0.29) is 25.3 Å². The Labute approximate surface area is 97.0 Å². The molecule has 0 N–H and O–H groups in total. The maximum atomic E-state index is 11.2. The molecule has 0 radical (unpaired) electrons. The topological polar surface area (TPSA) is 54.0 Å². The average molecular weight is 234 g/mol. The molecule has 0 spiro atoms. The van der Waals surface area contributed by atoms with Crippen molar-refractivity contribution >= 4 is 5.78 Å². The minimum absolute atomic E-state index is 0.0491. The van der Waals surface area contributed by atoms with Gasteiger partial charge in [-0.25, -0.2) is 0 Å². The molecule has 0 saturated carbocycles. The quantitative estimate of drug-likeness (QED) is 0.397. The Morgan fingerprint density at radius 3 is 1.69 bits per heavy atom. The molecule has 0 heterocycles. The number of hydrogen-bond donors (Lipinski definition) is 0. The van der Waals surface area contributed by atoms with Crippen LogP contribution in [0.15, 0.2) is 0 Å². The van der Waals surface area contributed by atoms with Crippen molar-refractivity contribution in [3.63, 3.8) is 0 Å². The van der Waals surface area contributed by atoms with E-state index in [9.17, 15) is 4.79 Å². The van der Waals surface area contributed by atoms with Gasteiger partial charge in [0.1, 0.15) is 19.4 Å². The van der Waals surface area contributed by atoms with Gasteiger partial charge in [-0.3, -0.25) is 4.79 Å². The summed E-state index contributed by atoms with van der Waals surface area (Å²) < 4.78 is 20.4. The van der Waals surface area contributed by atoms with Crippen LogP contribution >= 0.6 is 0 Å². The molecule has 96 valence electrons. The monoisotopic (exact) mass is 234 g/mol. The highest BCUT2D eigenvalue weighted by atomic mass is 16.7. The van der Waals surface area contributed by atoms with Crippen LogP contribution in [0.1, 0.15) is 20.8 Å². The summed E-state index contributed by atoms with van der Waals surface area (Å²) >= 11 is 0. The summed E-state index contributed by atoms with van der Waals surface area (Å²) in [5.41, 5.74) is 0. The highest BCUT2D eigenvalue weighted by molar-refractivity contribution is 5.78. The summed E-state index contributed by atoms with van der Waals surface area (Å²) in [5, 5.41) is 0. The van der Waals surface area contributed by atoms with Gasteiger partial charge in [-0.05, 0) is 20.8 Å². The van der Waals surface area contributed by atoms with E-state index in [0.29, 0.717) is 26.4 Å². The molecule has 16 heavy (non-hydrogen) atoms. The molecule has 0 aliphatic rings. The van der Waals surface area contributed by atoms with E-state index in [4.69, 9.17) is 18.9 Å². The van der Waals surface area contributed by atoms with E-state index < -0.39 is 0 Å². The van der Waals surface area contributed by atoms with Gasteiger partial charge < -0.3 is 18.9 Å². The molecule has 0 bridgehead atoms. The summed E-state index contributed by atoms with van der Waals surface area (Å²) in [4.78, 5) is 11.2. The van der Waals surface area contributed by atoms with Crippen LogP contribution < -0.4 is 0 Å². The van der Waals surface area contributed by atoms with Crippen LogP contribution in [0.25, 0.3) is 0 Å². The van der Waals surface area contributed by atoms with Gasteiger partial charge in [-0.2, -0.15) is 0 Å². The second-order valence-electron chi connectivity index (χ2n) is 3.27. The largest absolute Gasteiger partial charge is 0.356 e. The lowest BCUT2D eigenvalue weighted by atomic mass is 10.1. The predicted octanol–water partition coefficient (Wildman–Crippen LogP) is 1.21. The Balaban J connectivity index is 3.59. The standard InChI is InChI=1S/C11H22O5/c1-4-13-8-15-6-11(10(3)12)7-16-9-14-5-2/h11H,4-9H2,1-3H3. The van der Waals surface area contributed by atoms with Gasteiger partial charge in [0.25, 0.3) is 0 Å². The molecule has 0 aromatic rings. The molecule has 5 nitrogen and oxygen atoms in total. The molecule has 0 saturated heterocycles. The lowest BCUT2D eigenvalue weighted by Gasteiger charge is -2.14. The lowest BCUT2D eigenvalue weighted by molar-refractivity contribution is -0.132. The first-order valence-corrected chi connectivity index (χ1v) is 5.53. The predicted molar refractivity (Wildman–Crippen MR) is 59.1 cm³/mol. The molecule has 0 aromatic heterocycles.